The highest BCUT2D eigenvalue weighted by Gasteiger charge is 2.57. The topological polar surface area (TPSA) is 275 Å². The minimum atomic E-state index is -5.97. The van der Waals surface area contributed by atoms with Gasteiger partial charge in [0.1, 0.15) is 29.8 Å². The van der Waals surface area contributed by atoms with Gasteiger partial charge < -0.3 is 45.2 Å². The summed E-state index contributed by atoms with van der Waals surface area (Å²) in [5.41, 5.74) is -5.69. The smallest absolute Gasteiger partial charge is 0.465 e. The molecule has 0 saturated carbocycles. The SMILES string of the molecule is COC(=O)NC(C(=O)NN(Cc1c(F)cc(-c2ccn(C(F)F)n2)cc1F)CC(OP(=O)(O)O)C(Cc1ccc(C#Cc2cnc(N3CC4CCC(C3)N4C3COC3)nc2)cc1)NC(=O)C(NC(=O)O)C(C)(C)C(F)(F)F)C(C)(C)C(F)(F)F. The molecular weight excluding hydrogens is 1160 g/mol. The van der Waals surface area contributed by atoms with Gasteiger partial charge in [0.2, 0.25) is 11.9 Å². The van der Waals surface area contributed by atoms with E-state index in [1.54, 1.807) is 5.32 Å². The number of phosphoric acid groups is 1. The fourth-order valence-corrected chi connectivity index (χ4v) is 10.3. The van der Waals surface area contributed by atoms with E-state index in [9.17, 15) is 73.8 Å². The van der Waals surface area contributed by atoms with Crippen LogP contribution in [0.15, 0.2) is 61.1 Å². The number of ether oxygens (including phenoxy) is 2. The van der Waals surface area contributed by atoms with E-state index in [0.717, 1.165) is 45.3 Å². The highest BCUT2D eigenvalue weighted by Crippen LogP contribution is 2.43. The van der Waals surface area contributed by atoms with Crippen molar-refractivity contribution in [2.24, 2.45) is 10.8 Å². The van der Waals surface area contributed by atoms with Gasteiger partial charge >= 0.3 is 38.9 Å². The predicted octanol–water partition coefficient (Wildman–Crippen LogP) is 6.04. The number of nitrogens with one attached hydrogen (secondary N) is 4. The third-order valence-electron chi connectivity index (χ3n) is 14.7. The minimum absolute atomic E-state index is 0.0707. The molecule has 5 heterocycles. The number of hydrogen-bond donors (Lipinski definition) is 7. The zero-order valence-corrected chi connectivity index (χ0v) is 46.1. The van der Waals surface area contributed by atoms with E-state index in [1.165, 1.54) is 42.0 Å². The fraction of sp³-hybridized carbons (Fsp3) is 0.510. The molecule has 6 unspecified atom stereocenters. The molecule has 2 aromatic carbocycles. The molecule has 3 aliphatic heterocycles. The van der Waals surface area contributed by atoms with Crippen LogP contribution in [0.2, 0.25) is 0 Å². The van der Waals surface area contributed by atoms with Crippen LogP contribution in [0.5, 0.6) is 0 Å². The molecular formula is C51H58F10N11O11P. The number of carbonyl (C=O) groups is 4. The molecule has 2 aromatic heterocycles. The second-order valence-corrected chi connectivity index (χ2v) is 22.4. The van der Waals surface area contributed by atoms with Crippen molar-refractivity contribution in [2.75, 3.05) is 44.9 Å². The normalized spacial score (nSPS) is 18.5. The molecule has 0 radical (unpaired) electrons. The number of hydrogen-bond acceptors (Lipinski definition) is 14. The van der Waals surface area contributed by atoms with E-state index in [1.807, 2.05) is 5.43 Å². The number of fused-ring (bicyclic) bond motifs is 2. The van der Waals surface area contributed by atoms with E-state index in [-0.39, 0.29) is 15.9 Å². The number of carboxylic acid groups (broad SMARTS) is 1. The van der Waals surface area contributed by atoms with Crippen LogP contribution >= 0.6 is 7.82 Å². The Kier molecular flexibility index (Phi) is 19.6. The van der Waals surface area contributed by atoms with E-state index in [4.69, 9.17) is 9.26 Å². The van der Waals surface area contributed by atoms with Crippen molar-refractivity contribution in [3.05, 3.63) is 94.9 Å². The van der Waals surface area contributed by atoms with Crippen LogP contribution in [0.4, 0.5) is 59.4 Å². The van der Waals surface area contributed by atoms with Crippen molar-refractivity contribution in [3.63, 3.8) is 0 Å². The van der Waals surface area contributed by atoms with Gasteiger partial charge in [0.05, 0.1) is 54.5 Å². The minimum Gasteiger partial charge on any atom is -0.465 e. The van der Waals surface area contributed by atoms with Crippen LogP contribution in [0, 0.1) is 34.3 Å². The molecule has 4 aromatic rings. The Morgan fingerprint density at radius 3 is 1.87 bits per heavy atom. The molecule has 2 bridgehead atoms. The zero-order valence-electron chi connectivity index (χ0n) is 45.2. The lowest BCUT2D eigenvalue weighted by Gasteiger charge is -2.47. The Balaban J connectivity index is 1.24. The zero-order chi connectivity index (χ0) is 61.9. The number of alkyl carbamates (subject to hydrolysis) is 1. The van der Waals surface area contributed by atoms with Gasteiger partial charge in [-0.15, -0.1) is 0 Å². The van der Waals surface area contributed by atoms with Gasteiger partial charge in [0.15, 0.2) is 0 Å². The monoisotopic (exact) mass is 1220 g/mol. The quantitative estimate of drug-likeness (QED) is 0.0217. The Bertz CT molecular complexity index is 3100. The Morgan fingerprint density at radius 1 is 0.821 bits per heavy atom. The number of halogens is 10. The number of phosphoric ester groups is 1. The summed E-state index contributed by atoms with van der Waals surface area (Å²) < 4.78 is 175. The van der Waals surface area contributed by atoms with E-state index >= 15 is 8.78 Å². The lowest BCUT2D eigenvalue weighted by Crippen LogP contribution is -2.63. The number of rotatable bonds is 21. The summed E-state index contributed by atoms with van der Waals surface area (Å²) in [6, 6.07) is 1.12. The number of carbonyl (C=O) groups excluding carboxylic acids is 3. The molecule has 0 spiro atoms. The first-order valence-corrected chi connectivity index (χ1v) is 27.1. The number of anilines is 1. The molecule has 3 saturated heterocycles. The number of aromatic nitrogens is 4. The first kappa shape index (κ1) is 64.4. The molecule has 3 aliphatic rings. The number of amides is 4. The van der Waals surface area contributed by atoms with Gasteiger partial charge in [-0.1, -0.05) is 24.0 Å². The number of alkyl halides is 8. The maximum atomic E-state index is 16.2. The second-order valence-electron chi connectivity index (χ2n) is 21.2. The number of hydrazine groups is 1. The Morgan fingerprint density at radius 2 is 1.38 bits per heavy atom. The predicted molar refractivity (Wildman–Crippen MR) is 274 cm³/mol. The third kappa shape index (κ3) is 15.4. The molecule has 458 valence electrons. The molecule has 6 atom stereocenters. The van der Waals surface area contributed by atoms with Crippen molar-refractivity contribution in [1.29, 1.82) is 0 Å². The summed E-state index contributed by atoms with van der Waals surface area (Å²) in [6.45, 7) is -1.24. The van der Waals surface area contributed by atoms with Crippen molar-refractivity contribution >= 4 is 37.8 Å². The molecule has 3 fully saturated rings. The van der Waals surface area contributed by atoms with Crippen LogP contribution in [0.1, 0.15) is 69.3 Å². The van der Waals surface area contributed by atoms with Crippen molar-refractivity contribution in [2.45, 2.75) is 115 Å². The van der Waals surface area contributed by atoms with Crippen LogP contribution in [-0.4, -0.2) is 163 Å². The number of methoxy groups -OCH3 is 1. The molecule has 33 heteroatoms. The Hall–Kier alpha value is -7.14. The molecule has 4 amide bonds. The van der Waals surface area contributed by atoms with Crippen molar-refractivity contribution in [3.8, 4) is 23.1 Å². The van der Waals surface area contributed by atoms with Crippen LogP contribution in [0.3, 0.4) is 0 Å². The van der Waals surface area contributed by atoms with Gasteiger partial charge in [-0.05, 0) is 82.9 Å². The molecule has 84 heavy (non-hydrogen) atoms. The van der Waals surface area contributed by atoms with Crippen molar-refractivity contribution < 1.29 is 96.5 Å². The maximum Gasteiger partial charge on any atom is 0.469 e. The summed E-state index contributed by atoms with van der Waals surface area (Å²) in [4.78, 5) is 87.0. The molecule has 7 N–H and O–H groups in total. The van der Waals surface area contributed by atoms with Gasteiger partial charge in [-0.2, -0.15) is 40.2 Å². The lowest BCUT2D eigenvalue weighted by atomic mass is 9.82. The van der Waals surface area contributed by atoms with Crippen LogP contribution in [0.25, 0.3) is 11.3 Å². The van der Waals surface area contributed by atoms with Gasteiger partial charge in [0.25, 0.3) is 5.91 Å². The summed E-state index contributed by atoms with van der Waals surface area (Å²) in [7, 11) is -5.25. The van der Waals surface area contributed by atoms with Gasteiger partial charge in [-0.3, -0.25) is 24.4 Å². The molecule has 7 rings (SSSR count). The first-order valence-electron chi connectivity index (χ1n) is 25.6. The van der Waals surface area contributed by atoms with Crippen LogP contribution in [-0.2, 0) is 41.1 Å². The summed E-state index contributed by atoms with van der Waals surface area (Å²) in [6.07, 6.45) is -11.7. The van der Waals surface area contributed by atoms with Gasteiger partial charge in [0, 0.05) is 73.5 Å². The molecule has 22 nitrogen and oxygen atoms in total. The van der Waals surface area contributed by atoms with Gasteiger partial charge in [-0.25, -0.2) is 42.6 Å². The maximum absolute atomic E-state index is 16.2. The highest BCUT2D eigenvalue weighted by molar-refractivity contribution is 7.46. The standard InChI is InChI=1S/C51H58F10N11O11P/c1-48(2,50(56,57)58)40(65-46(75)76)42(73)64-38(16-28-9-6-27(7-10-28)8-11-29-19-62-45(63-20-29)69-21-31-12-13-32(22-69)72(31)33-25-82-26-33)39(83-84(78,79)80)24-70(68-43(74)41(66-47(77)81-5)49(3,4)51(59,60)61)23-34-35(52)17-30(18-36(34)53)37-14-15-71(67-37)44(54)55/h6-7,9-10,14-15,17-20,31-33,38-41,44,65H,12-13,16,21-26H2,1-5H3,(H,64,73)(H,66,77)(H,68,74)(H,75,76)(H2,78,79,80). The summed E-state index contributed by atoms with van der Waals surface area (Å²) >= 11 is 0. The number of nitrogens with zero attached hydrogens (tertiary/aromatic N) is 7. The number of piperazine rings is 1. The summed E-state index contributed by atoms with van der Waals surface area (Å²) in [5, 5.41) is 18.8. The van der Waals surface area contributed by atoms with E-state index < -0.39 is 128 Å². The second kappa shape index (κ2) is 25.6. The van der Waals surface area contributed by atoms with Crippen LogP contribution < -0.4 is 26.3 Å². The number of benzene rings is 2. The average Bonchev–Trinajstić information content (AvgIpc) is 2.25. The Labute approximate surface area is 472 Å². The average molecular weight is 1220 g/mol. The first-order chi connectivity index (χ1) is 39.1. The lowest BCUT2D eigenvalue weighted by molar-refractivity contribution is -0.221. The highest BCUT2D eigenvalue weighted by atomic mass is 31.2. The fourth-order valence-electron chi connectivity index (χ4n) is 9.77. The van der Waals surface area contributed by atoms with E-state index in [2.05, 4.69) is 46.8 Å². The summed E-state index contributed by atoms with van der Waals surface area (Å²) in [5.74, 6) is -0.392. The molecule has 0 aliphatic carbocycles. The largest absolute Gasteiger partial charge is 0.469 e. The van der Waals surface area contributed by atoms with E-state index in [0.29, 0.717) is 93.3 Å². The van der Waals surface area contributed by atoms with Crippen molar-refractivity contribution in [1.82, 2.24) is 51.0 Å². The third-order valence-corrected chi connectivity index (χ3v) is 15.3.